The van der Waals surface area contributed by atoms with Crippen LogP contribution in [0.3, 0.4) is 0 Å². The third kappa shape index (κ3) is 5.94. The van der Waals surface area contributed by atoms with Crippen molar-refractivity contribution < 1.29 is 13.2 Å². The fourth-order valence-electron chi connectivity index (χ4n) is 2.60. The molecule has 0 aromatic heterocycles. The lowest BCUT2D eigenvalue weighted by Crippen LogP contribution is -2.45. The lowest BCUT2D eigenvalue weighted by molar-refractivity contribution is -0.137. The van der Waals surface area contributed by atoms with Crippen LogP contribution in [-0.2, 0) is 6.18 Å². The number of halogens is 6. The summed E-state index contributed by atoms with van der Waals surface area (Å²) in [5, 5.41) is 3.25. The van der Waals surface area contributed by atoms with E-state index >= 15 is 0 Å². The van der Waals surface area contributed by atoms with Gasteiger partial charge >= 0.3 is 6.18 Å². The maximum Gasteiger partial charge on any atom is 0.416 e. The standard InChI is InChI=1S/C15H18BrF3N2.2ClH/c1-2-3-14(21-8-6-20-7-9-21)12-10-11(15(17,18)19)4-5-13(12)16;;/h2,4-5,10,14,20H,1,3,6-9H2;2*1H/t14-;;/m1../s1. The minimum atomic E-state index is -4.32. The minimum Gasteiger partial charge on any atom is -0.314 e. The lowest BCUT2D eigenvalue weighted by atomic mass is 9.99. The monoisotopic (exact) mass is 434 g/mol. The molecule has 1 fully saturated rings. The summed E-state index contributed by atoms with van der Waals surface area (Å²) >= 11 is 3.39. The number of benzene rings is 1. The van der Waals surface area contributed by atoms with E-state index in [1.54, 1.807) is 6.08 Å². The van der Waals surface area contributed by atoms with Crippen LogP contribution in [0.25, 0.3) is 0 Å². The second-order valence-corrected chi connectivity index (χ2v) is 5.91. The van der Waals surface area contributed by atoms with Gasteiger partial charge in [-0.2, -0.15) is 13.2 Å². The first kappa shape index (κ1) is 22.7. The van der Waals surface area contributed by atoms with Crippen molar-refractivity contribution in [2.45, 2.75) is 18.6 Å². The molecule has 132 valence electrons. The van der Waals surface area contributed by atoms with Crippen molar-refractivity contribution >= 4 is 40.7 Å². The molecule has 0 unspecified atom stereocenters. The number of piperazine rings is 1. The molecule has 0 amide bonds. The number of rotatable bonds is 4. The molecule has 1 aromatic carbocycles. The van der Waals surface area contributed by atoms with Crippen LogP contribution in [0.2, 0.25) is 0 Å². The van der Waals surface area contributed by atoms with Crippen LogP contribution < -0.4 is 5.32 Å². The SMILES string of the molecule is C=CC[C@H](c1cc(C(F)(F)F)ccc1Br)N1CCNCC1.Cl.Cl. The third-order valence-corrected chi connectivity index (χ3v) is 4.39. The zero-order valence-electron chi connectivity index (χ0n) is 12.4. The minimum absolute atomic E-state index is 0. The quantitative estimate of drug-likeness (QED) is 0.681. The molecule has 0 saturated carbocycles. The number of alkyl halides is 3. The molecule has 2 rings (SSSR count). The summed E-state index contributed by atoms with van der Waals surface area (Å²) in [7, 11) is 0. The van der Waals surface area contributed by atoms with E-state index in [1.807, 2.05) is 0 Å². The first-order valence-electron chi connectivity index (χ1n) is 6.86. The summed E-state index contributed by atoms with van der Waals surface area (Å²) in [5.74, 6) is 0. The molecule has 1 N–H and O–H groups in total. The summed E-state index contributed by atoms with van der Waals surface area (Å²) in [5.41, 5.74) is 0.0662. The second-order valence-electron chi connectivity index (χ2n) is 5.06. The summed E-state index contributed by atoms with van der Waals surface area (Å²) in [6, 6.07) is 3.76. The number of nitrogens with one attached hydrogen (secondary N) is 1. The summed E-state index contributed by atoms with van der Waals surface area (Å²) in [6.45, 7) is 7.09. The van der Waals surface area contributed by atoms with Gasteiger partial charge in [-0.3, -0.25) is 4.90 Å². The van der Waals surface area contributed by atoms with Gasteiger partial charge < -0.3 is 5.32 Å². The van der Waals surface area contributed by atoms with Gasteiger partial charge in [0.1, 0.15) is 0 Å². The molecular formula is C15H20BrCl2F3N2. The zero-order valence-corrected chi connectivity index (χ0v) is 15.6. The Morgan fingerprint density at radius 1 is 1.26 bits per heavy atom. The van der Waals surface area contributed by atoms with E-state index in [-0.39, 0.29) is 30.9 Å². The van der Waals surface area contributed by atoms with Crippen LogP contribution in [0.15, 0.2) is 35.3 Å². The summed E-state index contributed by atoms with van der Waals surface area (Å²) < 4.78 is 39.5. The van der Waals surface area contributed by atoms with Gasteiger partial charge in [-0.15, -0.1) is 31.4 Å². The van der Waals surface area contributed by atoms with E-state index < -0.39 is 11.7 Å². The van der Waals surface area contributed by atoms with Crippen molar-refractivity contribution in [3.8, 4) is 0 Å². The molecule has 0 bridgehead atoms. The van der Waals surface area contributed by atoms with Crippen molar-refractivity contribution in [2.24, 2.45) is 0 Å². The predicted octanol–water partition coefficient (Wildman–Crippen LogP) is 4.83. The average molecular weight is 436 g/mol. The highest BCUT2D eigenvalue weighted by molar-refractivity contribution is 9.10. The Hall–Kier alpha value is -0.270. The summed E-state index contributed by atoms with van der Waals surface area (Å²) in [4.78, 5) is 2.21. The molecule has 1 atom stereocenters. The third-order valence-electron chi connectivity index (χ3n) is 3.66. The first-order valence-corrected chi connectivity index (χ1v) is 7.65. The van der Waals surface area contributed by atoms with Crippen LogP contribution in [0, 0.1) is 0 Å². The van der Waals surface area contributed by atoms with Crippen molar-refractivity contribution in [2.75, 3.05) is 26.2 Å². The Labute approximate surface area is 155 Å². The van der Waals surface area contributed by atoms with Gasteiger partial charge in [0.05, 0.1) is 5.56 Å². The van der Waals surface area contributed by atoms with Crippen LogP contribution in [-0.4, -0.2) is 31.1 Å². The second kappa shape index (κ2) is 9.89. The van der Waals surface area contributed by atoms with Crippen LogP contribution in [0.1, 0.15) is 23.6 Å². The van der Waals surface area contributed by atoms with Gasteiger partial charge in [-0.25, -0.2) is 0 Å². The molecule has 0 spiro atoms. The van der Waals surface area contributed by atoms with E-state index in [0.717, 1.165) is 32.2 Å². The largest absolute Gasteiger partial charge is 0.416 e. The van der Waals surface area contributed by atoms with Gasteiger partial charge in [0, 0.05) is 36.7 Å². The van der Waals surface area contributed by atoms with Crippen LogP contribution in [0.4, 0.5) is 13.2 Å². The molecule has 1 aliphatic rings. The van der Waals surface area contributed by atoms with Gasteiger partial charge in [0.25, 0.3) is 0 Å². The van der Waals surface area contributed by atoms with E-state index in [1.165, 1.54) is 12.1 Å². The molecule has 23 heavy (non-hydrogen) atoms. The van der Waals surface area contributed by atoms with Crippen LogP contribution >= 0.6 is 40.7 Å². The Morgan fingerprint density at radius 3 is 2.39 bits per heavy atom. The highest BCUT2D eigenvalue weighted by atomic mass is 79.9. The molecule has 0 radical (unpaired) electrons. The fraction of sp³-hybridized carbons (Fsp3) is 0.467. The van der Waals surface area contributed by atoms with Gasteiger partial charge in [-0.05, 0) is 30.2 Å². The van der Waals surface area contributed by atoms with Crippen molar-refractivity contribution in [3.63, 3.8) is 0 Å². The average Bonchev–Trinajstić information content (AvgIpc) is 2.45. The Bertz CT molecular complexity index is 506. The normalized spacial score (nSPS) is 16.9. The maximum atomic E-state index is 12.9. The molecular weight excluding hydrogens is 416 g/mol. The van der Waals surface area contributed by atoms with Gasteiger partial charge in [-0.1, -0.05) is 22.0 Å². The van der Waals surface area contributed by atoms with Crippen molar-refractivity contribution in [3.05, 3.63) is 46.5 Å². The fourth-order valence-corrected chi connectivity index (χ4v) is 3.11. The molecule has 1 heterocycles. The molecule has 1 saturated heterocycles. The lowest BCUT2D eigenvalue weighted by Gasteiger charge is -2.35. The first-order chi connectivity index (χ1) is 9.93. The van der Waals surface area contributed by atoms with Crippen molar-refractivity contribution in [1.29, 1.82) is 0 Å². The molecule has 2 nitrogen and oxygen atoms in total. The number of hydrogen-bond acceptors (Lipinski definition) is 2. The molecule has 1 aromatic rings. The summed E-state index contributed by atoms with van der Waals surface area (Å²) in [6.07, 6.45) is -1.93. The molecule has 1 aliphatic heterocycles. The Kier molecular flexibility index (Phi) is 9.77. The topological polar surface area (TPSA) is 15.3 Å². The smallest absolute Gasteiger partial charge is 0.314 e. The molecule has 8 heteroatoms. The molecule has 0 aliphatic carbocycles. The van der Waals surface area contributed by atoms with Crippen LogP contribution in [0.5, 0.6) is 0 Å². The highest BCUT2D eigenvalue weighted by Gasteiger charge is 2.32. The predicted molar refractivity (Wildman–Crippen MR) is 95.6 cm³/mol. The van der Waals surface area contributed by atoms with E-state index in [2.05, 4.69) is 32.7 Å². The highest BCUT2D eigenvalue weighted by Crippen LogP contribution is 2.36. The van der Waals surface area contributed by atoms with Gasteiger partial charge in [0.2, 0.25) is 0 Å². The zero-order chi connectivity index (χ0) is 15.5. The van der Waals surface area contributed by atoms with E-state index in [9.17, 15) is 13.2 Å². The van der Waals surface area contributed by atoms with E-state index in [4.69, 9.17) is 0 Å². The Morgan fingerprint density at radius 2 is 1.87 bits per heavy atom. The number of nitrogens with zero attached hydrogens (tertiary/aromatic N) is 1. The number of hydrogen-bond donors (Lipinski definition) is 1. The Balaban J connectivity index is 0.00000242. The van der Waals surface area contributed by atoms with E-state index in [0.29, 0.717) is 16.5 Å². The van der Waals surface area contributed by atoms with Gasteiger partial charge in [0.15, 0.2) is 0 Å². The van der Waals surface area contributed by atoms with Crippen molar-refractivity contribution in [1.82, 2.24) is 10.2 Å². The maximum absolute atomic E-state index is 12.9.